The molecule has 4 heteroatoms. The topological polar surface area (TPSA) is 83.6 Å². The second kappa shape index (κ2) is 7.82. The van der Waals surface area contributed by atoms with Gasteiger partial charge in [0.15, 0.2) is 0 Å². The second-order valence-corrected chi connectivity index (χ2v) is 11.7. The molecule has 4 rings (SSSR count). The van der Waals surface area contributed by atoms with Gasteiger partial charge in [-0.1, -0.05) is 20.8 Å². The van der Waals surface area contributed by atoms with E-state index in [4.69, 9.17) is 5.73 Å². The van der Waals surface area contributed by atoms with Crippen molar-refractivity contribution in [2.24, 2.45) is 52.1 Å². The van der Waals surface area contributed by atoms with Crippen molar-refractivity contribution in [2.75, 3.05) is 0 Å². The van der Waals surface area contributed by atoms with E-state index in [2.05, 4.69) is 20.8 Å². The summed E-state index contributed by atoms with van der Waals surface area (Å²) < 4.78 is 0. The summed E-state index contributed by atoms with van der Waals surface area (Å²) in [6.45, 7) is 7.20. The minimum Gasteiger partial charge on any atom is -0.393 e. The Hall–Kier alpha value is -0.610. The van der Waals surface area contributed by atoms with Gasteiger partial charge in [0.2, 0.25) is 5.91 Å². The molecule has 0 radical (unpaired) electrons. The van der Waals surface area contributed by atoms with Crippen LogP contribution in [0.5, 0.6) is 0 Å². The fourth-order valence-corrected chi connectivity index (χ4v) is 8.96. The normalized spacial score (nSPS) is 50.3. The molecule has 0 aliphatic heterocycles. The summed E-state index contributed by atoms with van der Waals surface area (Å²) in [7, 11) is 0. The third-order valence-electron chi connectivity index (χ3n) is 10.6. The molecular formula is C25H43NO3. The highest BCUT2D eigenvalue weighted by molar-refractivity contribution is 5.73. The lowest BCUT2D eigenvalue weighted by atomic mass is 9.43. The van der Waals surface area contributed by atoms with E-state index >= 15 is 0 Å². The second-order valence-electron chi connectivity index (χ2n) is 11.7. The van der Waals surface area contributed by atoms with Crippen LogP contribution in [0.1, 0.15) is 91.4 Å². The number of carbonyl (C=O) groups is 1. The molecule has 0 saturated heterocycles. The molecule has 0 bridgehead atoms. The number of primary amides is 1. The van der Waals surface area contributed by atoms with E-state index in [0.717, 1.165) is 44.4 Å². The standard InChI is InChI=1S/C25H43NO3/c1-15(5-4-6-23(26)29)19-9-10-20-18-8-7-16-13-17(27)11-12-24(16,2)21(18)14-22(28)25(19,20)3/h15-22,27-28H,4-14H2,1-3H3,(H2,26,29)/t15-,16-,17-,18+,19-,20+,21+,22+,24+,25-/m1/s1. The number of nitrogens with two attached hydrogens (primary N) is 1. The molecule has 4 aliphatic carbocycles. The summed E-state index contributed by atoms with van der Waals surface area (Å²) in [5, 5.41) is 21.8. The van der Waals surface area contributed by atoms with Gasteiger partial charge in [-0.25, -0.2) is 0 Å². The van der Waals surface area contributed by atoms with Crippen LogP contribution in [-0.2, 0) is 4.79 Å². The maximum absolute atomic E-state index is 11.5. The fraction of sp³-hybridized carbons (Fsp3) is 0.960. The van der Waals surface area contributed by atoms with Crippen LogP contribution in [0.3, 0.4) is 0 Å². The summed E-state index contributed by atoms with van der Waals surface area (Å²) in [5.74, 6) is 3.50. The minimum absolute atomic E-state index is 0.0185. The van der Waals surface area contributed by atoms with E-state index in [1.54, 1.807) is 0 Å². The monoisotopic (exact) mass is 405 g/mol. The zero-order valence-corrected chi connectivity index (χ0v) is 18.8. The van der Waals surface area contributed by atoms with Crippen LogP contribution < -0.4 is 5.73 Å². The molecular weight excluding hydrogens is 362 g/mol. The summed E-state index contributed by atoms with van der Waals surface area (Å²) >= 11 is 0. The smallest absolute Gasteiger partial charge is 0.217 e. The van der Waals surface area contributed by atoms with Gasteiger partial charge >= 0.3 is 0 Å². The van der Waals surface area contributed by atoms with Gasteiger partial charge < -0.3 is 15.9 Å². The molecule has 166 valence electrons. The molecule has 0 aromatic rings. The van der Waals surface area contributed by atoms with Crippen LogP contribution in [0.2, 0.25) is 0 Å². The highest BCUT2D eigenvalue weighted by Crippen LogP contribution is 2.68. The summed E-state index contributed by atoms with van der Waals surface area (Å²) in [5.41, 5.74) is 5.66. The maximum Gasteiger partial charge on any atom is 0.217 e. The van der Waals surface area contributed by atoms with Crippen molar-refractivity contribution in [3.63, 3.8) is 0 Å². The van der Waals surface area contributed by atoms with Gasteiger partial charge in [0, 0.05) is 6.42 Å². The van der Waals surface area contributed by atoms with Crippen molar-refractivity contribution in [1.82, 2.24) is 0 Å². The van der Waals surface area contributed by atoms with E-state index < -0.39 is 0 Å². The number of amides is 1. The third kappa shape index (κ3) is 3.46. The lowest BCUT2D eigenvalue weighted by Gasteiger charge is -2.62. The Morgan fingerprint density at radius 1 is 1.07 bits per heavy atom. The third-order valence-corrected chi connectivity index (χ3v) is 10.6. The molecule has 0 aromatic carbocycles. The Morgan fingerprint density at radius 2 is 1.83 bits per heavy atom. The van der Waals surface area contributed by atoms with Crippen LogP contribution in [0, 0.1) is 46.3 Å². The quantitative estimate of drug-likeness (QED) is 0.639. The van der Waals surface area contributed by atoms with Crippen LogP contribution in [0.25, 0.3) is 0 Å². The van der Waals surface area contributed by atoms with Crippen molar-refractivity contribution < 1.29 is 15.0 Å². The first kappa shape index (κ1) is 21.6. The Kier molecular flexibility index (Phi) is 5.83. The Labute approximate surface area is 177 Å². The lowest BCUT2D eigenvalue weighted by Crippen LogP contribution is -2.58. The molecule has 1 amide bonds. The van der Waals surface area contributed by atoms with Crippen molar-refractivity contribution in [2.45, 2.75) is 104 Å². The van der Waals surface area contributed by atoms with E-state index in [1.165, 1.54) is 25.7 Å². The maximum atomic E-state index is 11.5. The lowest BCUT2D eigenvalue weighted by molar-refractivity contribution is -0.174. The molecule has 0 spiro atoms. The number of rotatable bonds is 5. The summed E-state index contributed by atoms with van der Waals surface area (Å²) in [6.07, 6.45) is 11.1. The Balaban J connectivity index is 1.52. The number of carbonyl (C=O) groups excluding carboxylic acids is 1. The molecule has 0 aromatic heterocycles. The van der Waals surface area contributed by atoms with Gasteiger partial charge in [-0.15, -0.1) is 0 Å². The molecule has 4 aliphatic rings. The fourth-order valence-electron chi connectivity index (χ4n) is 8.96. The first-order valence-electron chi connectivity index (χ1n) is 12.3. The number of fused-ring (bicyclic) bond motifs is 5. The van der Waals surface area contributed by atoms with Crippen molar-refractivity contribution in [3.8, 4) is 0 Å². The van der Waals surface area contributed by atoms with Gasteiger partial charge in [0.05, 0.1) is 12.2 Å². The van der Waals surface area contributed by atoms with Crippen LogP contribution in [0.15, 0.2) is 0 Å². The molecule has 10 atom stereocenters. The van der Waals surface area contributed by atoms with Crippen LogP contribution in [0.4, 0.5) is 0 Å². The van der Waals surface area contributed by atoms with E-state index in [0.29, 0.717) is 41.4 Å². The van der Waals surface area contributed by atoms with Gasteiger partial charge in [-0.3, -0.25) is 4.79 Å². The Morgan fingerprint density at radius 3 is 2.55 bits per heavy atom. The van der Waals surface area contributed by atoms with E-state index in [9.17, 15) is 15.0 Å². The van der Waals surface area contributed by atoms with Gasteiger partial charge in [-0.2, -0.15) is 0 Å². The van der Waals surface area contributed by atoms with Crippen molar-refractivity contribution >= 4 is 5.91 Å². The molecule has 0 unspecified atom stereocenters. The van der Waals surface area contributed by atoms with E-state index in [-0.39, 0.29) is 23.5 Å². The van der Waals surface area contributed by atoms with Crippen molar-refractivity contribution in [1.29, 1.82) is 0 Å². The van der Waals surface area contributed by atoms with Gasteiger partial charge in [0.1, 0.15) is 0 Å². The molecule has 4 N–H and O–H groups in total. The van der Waals surface area contributed by atoms with Crippen LogP contribution >= 0.6 is 0 Å². The SMILES string of the molecule is C[C@H](CCCC(N)=O)[C@H]1CC[C@H]2[C@@H]3CC[C@@H]4C[C@H](O)CC[C@]4(C)[C@H]3C[C@H](O)[C@]12C. The molecule has 4 nitrogen and oxygen atoms in total. The molecule has 4 saturated carbocycles. The first-order chi connectivity index (χ1) is 13.7. The van der Waals surface area contributed by atoms with Crippen molar-refractivity contribution in [3.05, 3.63) is 0 Å². The summed E-state index contributed by atoms with van der Waals surface area (Å²) in [4.78, 5) is 11.1. The van der Waals surface area contributed by atoms with Gasteiger partial charge in [-0.05, 0) is 111 Å². The average molecular weight is 406 g/mol. The van der Waals surface area contributed by atoms with E-state index in [1.807, 2.05) is 0 Å². The average Bonchev–Trinajstić information content (AvgIpc) is 3.02. The highest BCUT2D eigenvalue weighted by atomic mass is 16.3. The zero-order chi connectivity index (χ0) is 21.0. The zero-order valence-electron chi connectivity index (χ0n) is 18.8. The first-order valence-corrected chi connectivity index (χ1v) is 12.3. The number of aliphatic hydroxyl groups is 2. The number of hydrogen-bond acceptors (Lipinski definition) is 3. The Bertz CT molecular complexity index is 623. The largest absolute Gasteiger partial charge is 0.393 e. The predicted molar refractivity (Wildman–Crippen MR) is 115 cm³/mol. The highest BCUT2D eigenvalue weighted by Gasteiger charge is 2.63. The van der Waals surface area contributed by atoms with Gasteiger partial charge in [0.25, 0.3) is 0 Å². The number of hydrogen-bond donors (Lipinski definition) is 3. The summed E-state index contributed by atoms with van der Waals surface area (Å²) in [6, 6.07) is 0. The molecule has 29 heavy (non-hydrogen) atoms. The minimum atomic E-state index is -0.220. The van der Waals surface area contributed by atoms with Crippen LogP contribution in [-0.4, -0.2) is 28.3 Å². The predicted octanol–water partition coefficient (Wildman–Crippen LogP) is 4.27. The molecule has 4 fully saturated rings. The molecule has 0 heterocycles. The number of aliphatic hydroxyl groups excluding tert-OH is 2.